The summed E-state index contributed by atoms with van der Waals surface area (Å²) >= 11 is 0. The molecule has 3 rings (SSSR count). The van der Waals surface area contributed by atoms with Crippen LogP contribution in [0.2, 0.25) is 0 Å². The number of aryl methyl sites for hydroxylation is 1. The van der Waals surface area contributed by atoms with Crippen molar-refractivity contribution in [3.8, 4) is 0 Å². The number of aliphatic hydroxyl groups is 1. The summed E-state index contributed by atoms with van der Waals surface area (Å²) in [5, 5.41) is 14.0. The van der Waals surface area contributed by atoms with Gasteiger partial charge in [-0.3, -0.25) is 4.79 Å². The Morgan fingerprint density at radius 1 is 1.40 bits per heavy atom. The van der Waals surface area contributed by atoms with E-state index in [-0.39, 0.29) is 5.91 Å². The van der Waals surface area contributed by atoms with E-state index in [1.165, 1.54) is 10.9 Å². The first kappa shape index (κ1) is 13.2. The summed E-state index contributed by atoms with van der Waals surface area (Å²) in [6.07, 6.45) is 4.63. The van der Waals surface area contributed by atoms with Gasteiger partial charge in [0.25, 0.3) is 0 Å². The van der Waals surface area contributed by atoms with E-state index < -0.39 is 5.60 Å². The highest BCUT2D eigenvalue weighted by Gasteiger charge is 2.34. The van der Waals surface area contributed by atoms with Gasteiger partial charge in [0.2, 0.25) is 5.91 Å². The SMILES string of the molecule is Cc1cn(CC(=O)NCC2(O)CCC2)c2ccccc12. The second kappa shape index (κ2) is 4.94. The van der Waals surface area contributed by atoms with Gasteiger partial charge < -0.3 is 15.0 Å². The zero-order valence-corrected chi connectivity index (χ0v) is 11.7. The van der Waals surface area contributed by atoms with Crippen molar-refractivity contribution in [3.63, 3.8) is 0 Å². The molecule has 2 aromatic rings. The molecule has 1 aromatic carbocycles. The van der Waals surface area contributed by atoms with Gasteiger partial charge in [0.05, 0.1) is 5.60 Å². The van der Waals surface area contributed by atoms with Gasteiger partial charge in [-0.15, -0.1) is 0 Å². The Labute approximate surface area is 118 Å². The lowest BCUT2D eigenvalue weighted by Gasteiger charge is -2.36. The molecule has 0 spiro atoms. The van der Waals surface area contributed by atoms with Gasteiger partial charge in [0, 0.05) is 23.6 Å². The molecule has 1 aromatic heterocycles. The second-order valence-corrected chi connectivity index (χ2v) is 5.81. The smallest absolute Gasteiger partial charge is 0.240 e. The van der Waals surface area contributed by atoms with Gasteiger partial charge in [-0.05, 0) is 37.8 Å². The van der Waals surface area contributed by atoms with Crippen molar-refractivity contribution in [2.75, 3.05) is 6.54 Å². The lowest BCUT2D eigenvalue weighted by molar-refractivity contribution is -0.124. The Bertz CT molecular complexity index is 641. The highest BCUT2D eigenvalue weighted by Crippen LogP contribution is 2.30. The number of fused-ring (bicyclic) bond motifs is 1. The van der Waals surface area contributed by atoms with E-state index in [0.717, 1.165) is 24.8 Å². The molecule has 1 aliphatic rings. The van der Waals surface area contributed by atoms with E-state index in [0.29, 0.717) is 13.1 Å². The molecule has 1 aliphatic carbocycles. The third kappa shape index (κ3) is 2.43. The maximum Gasteiger partial charge on any atom is 0.240 e. The van der Waals surface area contributed by atoms with Crippen LogP contribution >= 0.6 is 0 Å². The number of benzene rings is 1. The van der Waals surface area contributed by atoms with E-state index in [9.17, 15) is 9.90 Å². The molecule has 1 amide bonds. The first-order valence-electron chi connectivity index (χ1n) is 7.11. The van der Waals surface area contributed by atoms with Crippen LogP contribution in [0.1, 0.15) is 24.8 Å². The molecule has 0 unspecified atom stereocenters. The minimum Gasteiger partial charge on any atom is -0.388 e. The average molecular weight is 272 g/mol. The van der Waals surface area contributed by atoms with Gasteiger partial charge in [-0.2, -0.15) is 0 Å². The molecular formula is C16H20N2O2. The van der Waals surface area contributed by atoms with Crippen LogP contribution in [-0.4, -0.2) is 27.7 Å². The van der Waals surface area contributed by atoms with Crippen molar-refractivity contribution < 1.29 is 9.90 Å². The number of aromatic nitrogens is 1. The van der Waals surface area contributed by atoms with E-state index in [1.54, 1.807) is 0 Å². The summed E-state index contributed by atoms with van der Waals surface area (Å²) in [5.41, 5.74) is 1.58. The number of hydrogen-bond donors (Lipinski definition) is 2. The highest BCUT2D eigenvalue weighted by molar-refractivity contribution is 5.85. The minimum absolute atomic E-state index is 0.0499. The van der Waals surface area contributed by atoms with E-state index >= 15 is 0 Å². The third-order valence-electron chi connectivity index (χ3n) is 4.20. The number of hydrogen-bond acceptors (Lipinski definition) is 2. The number of amides is 1. The zero-order valence-electron chi connectivity index (χ0n) is 11.7. The number of nitrogens with one attached hydrogen (secondary N) is 1. The van der Waals surface area contributed by atoms with Crippen molar-refractivity contribution in [1.29, 1.82) is 0 Å². The van der Waals surface area contributed by atoms with Gasteiger partial charge in [-0.25, -0.2) is 0 Å². The minimum atomic E-state index is -0.662. The Kier molecular flexibility index (Phi) is 3.26. The summed E-state index contributed by atoms with van der Waals surface area (Å²) in [5.74, 6) is -0.0499. The first-order chi connectivity index (χ1) is 9.57. The van der Waals surface area contributed by atoms with Gasteiger partial charge >= 0.3 is 0 Å². The van der Waals surface area contributed by atoms with Crippen molar-refractivity contribution in [3.05, 3.63) is 36.0 Å². The molecule has 2 N–H and O–H groups in total. The molecule has 4 heteroatoms. The van der Waals surface area contributed by atoms with Crippen LogP contribution in [0.4, 0.5) is 0 Å². The zero-order chi connectivity index (χ0) is 14.2. The molecule has 106 valence electrons. The summed E-state index contributed by atoms with van der Waals surface area (Å²) in [4.78, 5) is 12.0. The Morgan fingerprint density at radius 3 is 2.85 bits per heavy atom. The summed E-state index contributed by atoms with van der Waals surface area (Å²) < 4.78 is 1.96. The van der Waals surface area contributed by atoms with Crippen molar-refractivity contribution in [1.82, 2.24) is 9.88 Å². The molecule has 0 bridgehead atoms. The van der Waals surface area contributed by atoms with E-state index in [2.05, 4.69) is 11.4 Å². The fourth-order valence-electron chi connectivity index (χ4n) is 2.80. The van der Waals surface area contributed by atoms with Crippen molar-refractivity contribution in [2.45, 2.75) is 38.3 Å². The Hall–Kier alpha value is -1.81. The topological polar surface area (TPSA) is 54.3 Å². The second-order valence-electron chi connectivity index (χ2n) is 5.81. The molecule has 1 fully saturated rings. The Morgan fingerprint density at radius 2 is 2.15 bits per heavy atom. The molecule has 1 heterocycles. The van der Waals surface area contributed by atoms with Crippen LogP contribution in [-0.2, 0) is 11.3 Å². The summed E-state index contributed by atoms with van der Waals surface area (Å²) in [6, 6.07) is 8.07. The summed E-state index contributed by atoms with van der Waals surface area (Å²) in [7, 11) is 0. The lowest BCUT2D eigenvalue weighted by Crippen LogP contribution is -2.48. The number of nitrogens with zero attached hydrogens (tertiary/aromatic N) is 1. The van der Waals surface area contributed by atoms with Crippen LogP contribution in [0, 0.1) is 6.92 Å². The largest absolute Gasteiger partial charge is 0.388 e. The van der Waals surface area contributed by atoms with Gasteiger partial charge in [0.15, 0.2) is 0 Å². The van der Waals surface area contributed by atoms with E-state index in [1.807, 2.05) is 35.9 Å². The monoisotopic (exact) mass is 272 g/mol. The van der Waals surface area contributed by atoms with Gasteiger partial charge in [-0.1, -0.05) is 18.2 Å². The molecule has 4 nitrogen and oxygen atoms in total. The molecule has 1 saturated carbocycles. The van der Waals surface area contributed by atoms with Crippen molar-refractivity contribution >= 4 is 16.8 Å². The normalized spacial score (nSPS) is 16.9. The fourth-order valence-corrected chi connectivity index (χ4v) is 2.80. The third-order valence-corrected chi connectivity index (χ3v) is 4.20. The molecule has 0 aliphatic heterocycles. The molecule has 20 heavy (non-hydrogen) atoms. The maximum atomic E-state index is 12.0. The quantitative estimate of drug-likeness (QED) is 0.894. The van der Waals surface area contributed by atoms with E-state index in [4.69, 9.17) is 0 Å². The van der Waals surface area contributed by atoms with Crippen LogP contribution in [0.15, 0.2) is 30.5 Å². The fraction of sp³-hybridized carbons (Fsp3) is 0.438. The van der Waals surface area contributed by atoms with Crippen LogP contribution in [0.5, 0.6) is 0 Å². The number of rotatable bonds is 4. The molecule has 0 saturated heterocycles. The van der Waals surface area contributed by atoms with Crippen LogP contribution < -0.4 is 5.32 Å². The number of carbonyl (C=O) groups excluding carboxylic acids is 1. The highest BCUT2D eigenvalue weighted by atomic mass is 16.3. The average Bonchev–Trinajstić information content (AvgIpc) is 2.72. The van der Waals surface area contributed by atoms with Crippen LogP contribution in [0.3, 0.4) is 0 Å². The van der Waals surface area contributed by atoms with Crippen LogP contribution in [0.25, 0.3) is 10.9 Å². The molecular weight excluding hydrogens is 252 g/mol. The lowest BCUT2D eigenvalue weighted by atomic mass is 9.80. The first-order valence-corrected chi connectivity index (χ1v) is 7.11. The predicted octanol–water partition coefficient (Wildman–Crippen LogP) is 1.98. The standard InChI is InChI=1S/C16H20N2O2/c1-12-9-18(14-6-3-2-5-13(12)14)10-15(19)17-11-16(20)7-4-8-16/h2-3,5-6,9,20H,4,7-8,10-11H2,1H3,(H,17,19). The summed E-state index contributed by atoms with van der Waals surface area (Å²) in [6.45, 7) is 2.71. The number of carbonyl (C=O) groups is 1. The molecule has 0 radical (unpaired) electrons. The molecule has 0 atom stereocenters. The maximum absolute atomic E-state index is 12.0. The van der Waals surface area contributed by atoms with Gasteiger partial charge in [0.1, 0.15) is 6.54 Å². The Balaban J connectivity index is 1.68. The number of para-hydroxylation sites is 1. The predicted molar refractivity (Wildman–Crippen MR) is 78.5 cm³/mol. The van der Waals surface area contributed by atoms with Crippen molar-refractivity contribution in [2.24, 2.45) is 0 Å².